The van der Waals surface area contributed by atoms with Gasteiger partial charge in [0.2, 0.25) is 0 Å². The van der Waals surface area contributed by atoms with Crippen molar-refractivity contribution in [3.63, 3.8) is 0 Å². The van der Waals surface area contributed by atoms with Crippen LogP contribution in [0.2, 0.25) is 0 Å². The van der Waals surface area contributed by atoms with Crippen molar-refractivity contribution in [1.29, 1.82) is 0 Å². The maximum absolute atomic E-state index is 9.43. The fourth-order valence-electron chi connectivity index (χ4n) is 0.824. The second-order valence-corrected chi connectivity index (χ2v) is 3.42. The predicted octanol–water partition coefficient (Wildman–Crippen LogP) is 1.16. The van der Waals surface area contributed by atoms with Crippen LogP contribution >= 0.6 is 0 Å². The Labute approximate surface area is 62.9 Å². The van der Waals surface area contributed by atoms with Crippen LogP contribution < -0.4 is 0 Å². The summed E-state index contributed by atoms with van der Waals surface area (Å²) in [6, 6.07) is 0. The van der Waals surface area contributed by atoms with Gasteiger partial charge < -0.3 is 10.2 Å². The summed E-state index contributed by atoms with van der Waals surface area (Å²) in [4.78, 5) is 0. The molecule has 0 unspecified atom stereocenters. The molecule has 0 aromatic heterocycles. The van der Waals surface area contributed by atoms with E-state index in [9.17, 15) is 10.2 Å². The van der Waals surface area contributed by atoms with Crippen molar-refractivity contribution in [3.8, 4) is 0 Å². The van der Waals surface area contributed by atoms with Gasteiger partial charge in [-0.25, -0.2) is 0 Å². The average molecular weight is 146 g/mol. The van der Waals surface area contributed by atoms with E-state index in [4.69, 9.17) is 0 Å². The standard InChI is InChI=1S/C8H18O2/c1-5-7(9)6(2)8(3,4)10/h6-7,9-10H,5H2,1-4H3/t6-,7-/m1/s1. The first kappa shape index (κ1) is 9.92. The maximum atomic E-state index is 9.43. The first-order valence-electron chi connectivity index (χ1n) is 3.80. The van der Waals surface area contributed by atoms with Gasteiger partial charge in [0.25, 0.3) is 0 Å². The highest BCUT2D eigenvalue weighted by Gasteiger charge is 2.27. The Morgan fingerprint density at radius 1 is 1.40 bits per heavy atom. The van der Waals surface area contributed by atoms with Crippen LogP contribution in [-0.4, -0.2) is 21.9 Å². The Kier molecular flexibility index (Phi) is 3.33. The molecular formula is C8H18O2. The van der Waals surface area contributed by atoms with Crippen molar-refractivity contribution in [2.75, 3.05) is 0 Å². The van der Waals surface area contributed by atoms with Crippen molar-refractivity contribution < 1.29 is 10.2 Å². The zero-order valence-corrected chi connectivity index (χ0v) is 7.26. The molecule has 0 aliphatic rings. The lowest BCUT2D eigenvalue weighted by Gasteiger charge is -2.29. The summed E-state index contributed by atoms with van der Waals surface area (Å²) in [6.07, 6.45) is 0.311. The average Bonchev–Trinajstić information content (AvgIpc) is 1.83. The number of hydrogen-bond acceptors (Lipinski definition) is 2. The predicted molar refractivity (Wildman–Crippen MR) is 41.8 cm³/mol. The quantitative estimate of drug-likeness (QED) is 0.627. The fourth-order valence-corrected chi connectivity index (χ4v) is 0.824. The minimum absolute atomic E-state index is 0.0579. The second kappa shape index (κ2) is 3.35. The lowest BCUT2D eigenvalue weighted by atomic mass is 9.87. The molecule has 0 heterocycles. The smallest absolute Gasteiger partial charge is 0.0641 e. The van der Waals surface area contributed by atoms with E-state index in [1.165, 1.54) is 0 Å². The van der Waals surface area contributed by atoms with E-state index in [2.05, 4.69) is 0 Å². The van der Waals surface area contributed by atoms with Crippen molar-refractivity contribution in [2.24, 2.45) is 5.92 Å². The van der Waals surface area contributed by atoms with Crippen LogP contribution in [0.25, 0.3) is 0 Å². The maximum Gasteiger partial charge on any atom is 0.0641 e. The first-order valence-corrected chi connectivity index (χ1v) is 3.80. The summed E-state index contributed by atoms with van der Waals surface area (Å²) in [5, 5.41) is 18.7. The minimum Gasteiger partial charge on any atom is -0.393 e. The SMILES string of the molecule is CC[C@@H](O)[C@@H](C)C(C)(C)O. The highest BCUT2D eigenvalue weighted by molar-refractivity contribution is 4.78. The molecule has 0 saturated carbocycles. The molecule has 0 fully saturated rings. The van der Waals surface area contributed by atoms with Gasteiger partial charge in [-0.15, -0.1) is 0 Å². The molecule has 2 atom stereocenters. The molecule has 2 nitrogen and oxygen atoms in total. The molecular weight excluding hydrogens is 128 g/mol. The summed E-state index contributed by atoms with van der Waals surface area (Å²) in [5.74, 6) is -0.0579. The molecule has 0 aliphatic carbocycles. The third kappa shape index (κ3) is 2.67. The molecule has 62 valence electrons. The molecule has 10 heavy (non-hydrogen) atoms. The normalized spacial score (nSPS) is 18.6. The Morgan fingerprint density at radius 3 is 1.90 bits per heavy atom. The van der Waals surface area contributed by atoms with Gasteiger partial charge in [-0.1, -0.05) is 13.8 Å². The minimum atomic E-state index is -0.768. The van der Waals surface area contributed by atoms with Gasteiger partial charge in [0.05, 0.1) is 11.7 Å². The number of rotatable bonds is 3. The molecule has 0 radical (unpaired) electrons. The lowest BCUT2D eigenvalue weighted by molar-refractivity contribution is -0.0385. The molecule has 0 spiro atoms. The zero-order valence-electron chi connectivity index (χ0n) is 7.26. The monoisotopic (exact) mass is 146 g/mol. The molecule has 0 aromatic rings. The topological polar surface area (TPSA) is 40.5 Å². The van der Waals surface area contributed by atoms with Crippen molar-refractivity contribution >= 4 is 0 Å². The Morgan fingerprint density at radius 2 is 1.80 bits per heavy atom. The van der Waals surface area contributed by atoms with Crippen LogP contribution in [0.4, 0.5) is 0 Å². The number of aliphatic hydroxyl groups is 2. The summed E-state index contributed by atoms with van der Waals surface area (Å²) in [5.41, 5.74) is -0.768. The van der Waals surface area contributed by atoms with E-state index in [1.54, 1.807) is 13.8 Å². The zero-order chi connectivity index (χ0) is 8.36. The molecule has 0 bridgehead atoms. The molecule has 2 heteroatoms. The van der Waals surface area contributed by atoms with E-state index >= 15 is 0 Å². The van der Waals surface area contributed by atoms with E-state index in [1.807, 2.05) is 13.8 Å². The van der Waals surface area contributed by atoms with Crippen LogP contribution in [0.1, 0.15) is 34.1 Å². The lowest BCUT2D eigenvalue weighted by Crippen LogP contribution is -2.36. The van der Waals surface area contributed by atoms with Crippen LogP contribution in [0, 0.1) is 5.92 Å². The first-order chi connectivity index (χ1) is 4.39. The summed E-state index contributed by atoms with van der Waals surface area (Å²) >= 11 is 0. The van der Waals surface area contributed by atoms with Crippen LogP contribution in [-0.2, 0) is 0 Å². The van der Waals surface area contributed by atoms with E-state index < -0.39 is 5.60 Å². The highest BCUT2D eigenvalue weighted by Crippen LogP contribution is 2.20. The third-order valence-electron chi connectivity index (χ3n) is 2.11. The van der Waals surface area contributed by atoms with Crippen molar-refractivity contribution in [3.05, 3.63) is 0 Å². The van der Waals surface area contributed by atoms with Crippen LogP contribution in [0.3, 0.4) is 0 Å². The van der Waals surface area contributed by atoms with Gasteiger partial charge in [0.1, 0.15) is 0 Å². The summed E-state index contributed by atoms with van der Waals surface area (Å²) in [6.45, 7) is 7.20. The van der Waals surface area contributed by atoms with Gasteiger partial charge in [-0.3, -0.25) is 0 Å². The van der Waals surface area contributed by atoms with Gasteiger partial charge >= 0.3 is 0 Å². The van der Waals surface area contributed by atoms with E-state index in [0.717, 1.165) is 0 Å². The van der Waals surface area contributed by atoms with E-state index in [0.29, 0.717) is 6.42 Å². The van der Waals surface area contributed by atoms with Gasteiger partial charge in [-0.05, 0) is 20.3 Å². The highest BCUT2D eigenvalue weighted by atomic mass is 16.3. The third-order valence-corrected chi connectivity index (χ3v) is 2.11. The number of aliphatic hydroxyl groups excluding tert-OH is 1. The van der Waals surface area contributed by atoms with Crippen LogP contribution in [0.5, 0.6) is 0 Å². The fraction of sp³-hybridized carbons (Fsp3) is 1.00. The van der Waals surface area contributed by atoms with Crippen LogP contribution in [0.15, 0.2) is 0 Å². The Balaban J connectivity index is 3.94. The Bertz CT molecular complexity index is 93.9. The molecule has 0 aromatic carbocycles. The molecule has 0 amide bonds. The summed E-state index contributed by atoms with van der Waals surface area (Å²) < 4.78 is 0. The van der Waals surface area contributed by atoms with Gasteiger partial charge in [-0.2, -0.15) is 0 Å². The molecule has 2 N–H and O–H groups in total. The van der Waals surface area contributed by atoms with Crippen molar-refractivity contribution in [2.45, 2.75) is 45.8 Å². The van der Waals surface area contributed by atoms with Crippen molar-refractivity contribution in [1.82, 2.24) is 0 Å². The van der Waals surface area contributed by atoms with E-state index in [-0.39, 0.29) is 12.0 Å². The molecule has 0 saturated heterocycles. The van der Waals surface area contributed by atoms with Gasteiger partial charge in [0.15, 0.2) is 0 Å². The number of hydrogen-bond donors (Lipinski definition) is 2. The molecule has 0 aliphatic heterocycles. The molecule has 0 rings (SSSR count). The van der Waals surface area contributed by atoms with Gasteiger partial charge in [0, 0.05) is 5.92 Å². The summed E-state index contributed by atoms with van der Waals surface area (Å²) in [7, 11) is 0. The second-order valence-electron chi connectivity index (χ2n) is 3.42. The largest absolute Gasteiger partial charge is 0.393 e. The Hall–Kier alpha value is -0.0800.